The first-order valence-corrected chi connectivity index (χ1v) is 8.45. The molecule has 0 unspecified atom stereocenters. The molecule has 2 rings (SSSR count). The highest BCUT2D eigenvalue weighted by molar-refractivity contribution is 5.93. The third-order valence-corrected chi connectivity index (χ3v) is 4.10. The highest BCUT2D eigenvalue weighted by Gasteiger charge is 2.20. The molecule has 0 aromatic heterocycles. The molecule has 0 aliphatic heterocycles. The molecule has 138 valence electrons. The summed E-state index contributed by atoms with van der Waals surface area (Å²) in [5.74, 6) is 0.360. The van der Waals surface area contributed by atoms with Gasteiger partial charge in [0.2, 0.25) is 11.8 Å². The van der Waals surface area contributed by atoms with Crippen LogP contribution < -0.4 is 15.4 Å². The number of hydrogen-bond donors (Lipinski definition) is 2. The molecule has 26 heavy (non-hydrogen) atoms. The van der Waals surface area contributed by atoms with E-state index >= 15 is 0 Å². The first kappa shape index (κ1) is 19.5. The van der Waals surface area contributed by atoms with E-state index in [2.05, 4.69) is 10.6 Å². The number of benzene rings is 2. The van der Waals surface area contributed by atoms with Crippen LogP contribution in [0.5, 0.6) is 5.75 Å². The van der Waals surface area contributed by atoms with Crippen molar-refractivity contribution in [2.24, 2.45) is 0 Å². The molecule has 0 aliphatic rings. The van der Waals surface area contributed by atoms with E-state index < -0.39 is 6.04 Å². The average molecular weight is 355 g/mol. The van der Waals surface area contributed by atoms with E-state index in [1.54, 1.807) is 50.2 Å². The summed E-state index contributed by atoms with van der Waals surface area (Å²) in [6, 6.07) is 16.4. The number of carbonyl (C=O) groups is 2. The molecule has 0 radical (unpaired) electrons. The van der Waals surface area contributed by atoms with Crippen molar-refractivity contribution >= 4 is 17.5 Å². The lowest BCUT2D eigenvalue weighted by Gasteiger charge is -2.23. The fourth-order valence-corrected chi connectivity index (χ4v) is 2.40. The van der Waals surface area contributed by atoms with Crippen molar-refractivity contribution in [2.45, 2.75) is 19.5 Å². The molecule has 2 amide bonds. The largest absolute Gasteiger partial charge is 0.497 e. The molecule has 1 atom stereocenters. The van der Waals surface area contributed by atoms with E-state index in [0.717, 1.165) is 5.56 Å². The Balaban J connectivity index is 1.82. The highest BCUT2D eigenvalue weighted by atomic mass is 16.5. The van der Waals surface area contributed by atoms with Crippen LogP contribution in [0, 0.1) is 0 Å². The first-order valence-electron chi connectivity index (χ1n) is 8.45. The topological polar surface area (TPSA) is 70.7 Å². The van der Waals surface area contributed by atoms with E-state index in [-0.39, 0.29) is 18.4 Å². The number of rotatable bonds is 8. The third kappa shape index (κ3) is 5.89. The number of ether oxygens (including phenoxy) is 1. The minimum absolute atomic E-state index is 0.108. The Kier molecular flexibility index (Phi) is 7.17. The number of carbonyl (C=O) groups excluding carboxylic acids is 2. The molecule has 6 nitrogen and oxygen atoms in total. The lowest BCUT2D eigenvalue weighted by Crippen LogP contribution is -2.45. The van der Waals surface area contributed by atoms with Crippen LogP contribution in [0.2, 0.25) is 0 Å². The Morgan fingerprint density at radius 2 is 1.85 bits per heavy atom. The van der Waals surface area contributed by atoms with Crippen LogP contribution in [0.1, 0.15) is 12.5 Å². The molecule has 0 saturated heterocycles. The van der Waals surface area contributed by atoms with E-state index in [1.807, 2.05) is 30.3 Å². The fourth-order valence-electron chi connectivity index (χ4n) is 2.40. The van der Waals surface area contributed by atoms with Crippen LogP contribution >= 0.6 is 0 Å². The van der Waals surface area contributed by atoms with Crippen LogP contribution in [-0.4, -0.2) is 43.5 Å². The molecular weight excluding hydrogens is 330 g/mol. The first-order chi connectivity index (χ1) is 12.5. The van der Waals surface area contributed by atoms with Gasteiger partial charge in [0.05, 0.1) is 19.7 Å². The standard InChI is InChI=1S/C20H25N3O3/c1-15(20(25)21-13-16-8-5-4-6-9-16)23(2)14-19(24)22-17-10-7-11-18(12-17)26-3/h4-12,15H,13-14H2,1-3H3,(H,21,25)(H,22,24)/t15-/m1/s1. The fraction of sp³-hybridized carbons (Fsp3) is 0.300. The number of hydrogen-bond acceptors (Lipinski definition) is 4. The van der Waals surface area contributed by atoms with Gasteiger partial charge < -0.3 is 15.4 Å². The molecule has 6 heteroatoms. The SMILES string of the molecule is COc1cccc(NC(=O)CN(C)[C@H](C)C(=O)NCc2ccccc2)c1. The number of amides is 2. The Hall–Kier alpha value is -2.86. The number of methoxy groups -OCH3 is 1. The zero-order valence-corrected chi connectivity index (χ0v) is 15.4. The molecule has 0 heterocycles. The summed E-state index contributed by atoms with van der Waals surface area (Å²) in [6.45, 7) is 2.35. The monoisotopic (exact) mass is 355 g/mol. The Morgan fingerprint density at radius 1 is 1.12 bits per heavy atom. The lowest BCUT2D eigenvalue weighted by atomic mass is 10.2. The number of likely N-dealkylation sites (N-methyl/N-ethyl adjacent to an activating group) is 1. The van der Waals surface area contributed by atoms with Crippen LogP contribution in [-0.2, 0) is 16.1 Å². The number of anilines is 1. The summed E-state index contributed by atoms with van der Waals surface area (Å²) in [6.07, 6.45) is 0. The second-order valence-corrected chi connectivity index (χ2v) is 6.07. The molecule has 0 fully saturated rings. The lowest BCUT2D eigenvalue weighted by molar-refractivity contribution is -0.126. The van der Waals surface area contributed by atoms with Crippen molar-refractivity contribution in [2.75, 3.05) is 26.0 Å². The van der Waals surface area contributed by atoms with Gasteiger partial charge >= 0.3 is 0 Å². The molecule has 0 bridgehead atoms. The predicted molar refractivity (Wildman–Crippen MR) is 102 cm³/mol. The van der Waals surface area contributed by atoms with Gasteiger partial charge in [-0.15, -0.1) is 0 Å². The van der Waals surface area contributed by atoms with Gasteiger partial charge in [-0.05, 0) is 31.7 Å². The van der Waals surface area contributed by atoms with Crippen molar-refractivity contribution in [1.29, 1.82) is 0 Å². The summed E-state index contributed by atoms with van der Waals surface area (Å²) in [5, 5.41) is 5.70. The van der Waals surface area contributed by atoms with Gasteiger partial charge in [0, 0.05) is 18.3 Å². The van der Waals surface area contributed by atoms with Gasteiger partial charge in [-0.1, -0.05) is 36.4 Å². The van der Waals surface area contributed by atoms with Crippen LogP contribution in [0.25, 0.3) is 0 Å². The summed E-state index contributed by atoms with van der Waals surface area (Å²) < 4.78 is 5.14. The second-order valence-electron chi connectivity index (χ2n) is 6.07. The molecule has 0 aliphatic carbocycles. The Morgan fingerprint density at radius 3 is 2.54 bits per heavy atom. The number of nitrogens with zero attached hydrogens (tertiary/aromatic N) is 1. The van der Waals surface area contributed by atoms with Crippen molar-refractivity contribution in [3.05, 3.63) is 60.2 Å². The summed E-state index contributed by atoms with van der Waals surface area (Å²) >= 11 is 0. The molecule has 2 aromatic rings. The highest BCUT2D eigenvalue weighted by Crippen LogP contribution is 2.16. The molecule has 0 saturated carbocycles. The summed E-state index contributed by atoms with van der Waals surface area (Å²) in [5.41, 5.74) is 1.69. The second kappa shape index (κ2) is 9.58. The van der Waals surface area contributed by atoms with E-state index in [4.69, 9.17) is 4.74 Å². The maximum absolute atomic E-state index is 12.3. The predicted octanol–water partition coefficient (Wildman–Crippen LogP) is 2.27. The molecule has 2 aromatic carbocycles. The maximum Gasteiger partial charge on any atom is 0.238 e. The summed E-state index contributed by atoms with van der Waals surface area (Å²) in [7, 11) is 3.32. The van der Waals surface area contributed by atoms with Gasteiger partial charge in [0.15, 0.2) is 0 Å². The Bertz CT molecular complexity index is 734. The third-order valence-electron chi connectivity index (χ3n) is 4.10. The van der Waals surface area contributed by atoms with Gasteiger partial charge in [0.1, 0.15) is 5.75 Å². The number of nitrogens with one attached hydrogen (secondary N) is 2. The Labute approximate surface area is 154 Å². The van der Waals surface area contributed by atoms with Crippen molar-refractivity contribution in [3.63, 3.8) is 0 Å². The zero-order valence-electron chi connectivity index (χ0n) is 15.4. The quantitative estimate of drug-likeness (QED) is 0.762. The van der Waals surface area contributed by atoms with Gasteiger partial charge in [0.25, 0.3) is 0 Å². The van der Waals surface area contributed by atoms with E-state index in [1.165, 1.54) is 0 Å². The van der Waals surface area contributed by atoms with Crippen molar-refractivity contribution in [1.82, 2.24) is 10.2 Å². The van der Waals surface area contributed by atoms with Crippen molar-refractivity contribution in [3.8, 4) is 5.75 Å². The van der Waals surface area contributed by atoms with Gasteiger partial charge in [-0.3, -0.25) is 14.5 Å². The molecule has 0 spiro atoms. The van der Waals surface area contributed by atoms with Gasteiger partial charge in [-0.2, -0.15) is 0 Å². The maximum atomic E-state index is 12.3. The van der Waals surface area contributed by atoms with Crippen molar-refractivity contribution < 1.29 is 14.3 Å². The zero-order chi connectivity index (χ0) is 18.9. The van der Waals surface area contributed by atoms with Crippen LogP contribution in [0.15, 0.2) is 54.6 Å². The average Bonchev–Trinajstić information content (AvgIpc) is 2.66. The van der Waals surface area contributed by atoms with E-state index in [9.17, 15) is 9.59 Å². The molecular formula is C20H25N3O3. The smallest absolute Gasteiger partial charge is 0.238 e. The van der Waals surface area contributed by atoms with Crippen LogP contribution in [0.4, 0.5) is 5.69 Å². The minimum atomic E-state index is -0.422. The van der Waals surface area contributed by atoms with Gasteiger partial charge in [-0.25, -0.2) is 0 Å². The van der Waals surface area contributed by atoms with E-state index in [0.29, 0.717) is 18.0 Å². The van der Waals surface area contributed by atoms with Crippen LogP contribution in [0.3, 0.4) is 0 Å². The minimum Gasteiger partial charge on any atom is -0.497 e. The normalized spacial score (nSPS) is 11.7. The molecule has 2 N–H and O–H groups in total. The summed E-state index contributed by atoms with van der Waals surface area (Å²) in [4.78, 5) is 26.2.